The SMILES string of the molecule is CCOC(=O)CCCl.N=C=O. The van der Waals surface area contributed by atoms with E-state index < -0.39 is 0 Å². The van der Waals surface area contributed by atoms with Gasteiger partial charge in [-0.2, -0.15) is 0 Å². The molecule has 0 aliphatic carbocycles. The van der Waals surface area contributed by atoms with Crippen molar-refractivity contribution in [1.29, 1.82) is 5.41 Å². The molecular weight excluding hydrogens is 170 g/mol. The van der Waals surface area contributed by atoms with Crippen LogP contribution in [0, 0.1) is 5.41 Å². The zero-order valence-electron chi connectivity index (χ0n) is 6.22. The van der Waals surface area contributed by atoms with E-state index in [0.717, 1.165) is 6.08 Å². The first-order valence-electron chi connectivity index (χ1n) is 2.98. The van der Waals surface area contributed by atoms with Crippen molar-refractivity contribution in [2.45, 2.75) is 13.3 Å². The maximum atomic E-state index is 10.3. The smallest absolute Gasteiger partial charge is 0.306 e. The van der Waals surface area contributed by atoms with Crippen molar-refractivity contribution in [3.8, 4) is 0 Å². The number of ether oxygens (including phenoxy) is 1. The van der Waals surface area contributed by atoms with Crippen LogP contribution < -0.4 is 0 Å². The van der Waals surface area contributed by atoms with Crippen LogP contribution in [0.1, 0.15) is 13.3 Å². The lowest BCUT2D eigenvalue weighted by Crippen LogP contribution is -2.03. The number of carbonyl (C=O) groups excluding carboxylic acids is 2. The molecular formula is C6H10ClNO3. The zero-order chi connectivity index (χ0) is 9.11. The third kappa shape index (κ3) is 17.6. The standard InChI is InChI=1S/C5H9ClO2.CHNO/c1-2-8-5(7)3-4-6;2-1-3/h2-4H2,1H3;2H. The van der Waals surface area contributed by atoms with Gasteiger partial charge in [0, 0.05) is 5.88 Å². The number of rotatable bonds is 3. The van der Waals surface area contributed by atoms with Gasteiger partial charge in [-0.05, 0) is 6.92 Å². The molecule has 0 amide bonds. The van der Waals surface area contributed by atoms with Crippen molar-refractivity contribution in [2.24, 2.45) is 0 Å². The van der Waals surface area contributed by atoms with Crippen molar-refractivity contribution >= 4 is 23.7 Å². The van der Waals surface area contributed by atoms with Crippen molar-refractivity contribution in [2.75, 3.05) is 12.5 Å². The van der Waals surface area contributed by atoms with E-state index in [1.54, 1.807) is 6.92 Å². The van der Waals surface area contributed by atoms with Gasteiger partial charge in [0.1, 0.15) is 0 Å². The second kappa shape index (κ2) is 11.9. The van der Waals surface area contributed by atoms with Gasteiger partial charge in [-0.3, -0.25) is 4.79 Å². The molecule has 0 saturated carbocycles. The van der Waals surface area contributed by atoms with Crippen LogP contribution in [-0.2, 0) is 14.3 Å². The highest BCUT2D eigenvalue weighted by Gasteiger charge is 1.96. The van der Waals surface area contributed by atoms with Gasteiger partial charge in [0.05, 0.1) is 13.0 Å². The minimum absolute atomic E-state index is 0.220. The number of nitrogens with one attached hydrogen (secondary N) is 1. The predicted molar refractivity (Wildman–Crippen MR) is 40.4 cm³/mol. The van der Waals surface area contributed by atoms with Crippen molar-refractivity contribution in [1.82, 2.24) is 0 Å². The Bertz CT molecular complexity index is 124. The number of carbonyl (C=O) groups is 1. The zero-order valence-corrected chi connectivity index (χ0v) is 6.98. The summed E-state index contributed by atoms with van der Waals surface area (Å²) in [6.45, 7) is 2.21. The highest BCUT2D eigenvalue weighted by atomic mass is 35.5. The molecule has 0 aliphatic rings. The molecule has 0 bridgehead atoms. The number of hydrogen-bond donors (Lipinski definition) is 1. The van der Waals surface area contributed by atoms with Gasteiger partial charge in [-0.25, -0.2) is 10.2 Å². The molecule has 0 aromatic heterocycles. The van der Waals surface area contributed by atoms with Gasteiger partial charge in [0.15, 0.2) is 0 Å². The number of hydrogen-bond acceptors (Lipinski definition) is 4. The van der Waals surface area contributed by atoms with E-state index in [9.17, 15) is 4.79 Å². The lowest BCUT2D eigenvalue weighted by molar-refractivity contribution is -0.142. The van der Waals surface area contributed by atoms with Gasteiger partial charge < -0.3 is 4.74 Å². The van der Waals surface area contributed by atoms with Gasteiger partial charge in [0.2, 0.25) is 6.08 Å². The molecule has 0 rings (SSSR count). The van der Waals surface area contributed by atoms with Crippen molar-refractivity contribution < 1.29 is 14.3 Å². The van der Waals surface area contributed by atoms with E-state index >= 15 is 0 Å². The van der Waals surface area contributed by atoms with Crippen LogP contribution in [0.15, 0.2) is 0 Å². The lowest BCUT2D eigenvalue weighted by atomic mass is 10.5. The topological polar surface area (TPSA) is 67.2 Å². The Balaban J connectivity index is 0. The summed E-state index contributed by atoms with van der Waals surface area (Å²) in [6, 6.07) is 0. The first kappa shape index (κ1) is 12.8. The lowest BCUT2D eigenvalue weighted by Gasteiger charge is -1.95. The Morgan fingerprint density at radius 3 is 2.45 bits per heavy atom. The fraction of sp³-hybridized carbons (Fsp3) is 0.667. The van der Waals surface area contributed by atoms with Gasteiger partial charge in [0.25, 0.3) is 0 Å². The average molecular weight is 180 g/mol. The largest absolute Gasteiger partial charge is 0.466 e. The summed E-state index contributed by atoms with van der Waals surface area (Å²) in [7, 11) is 0. The second-order valence-electron chi connectivity index (χ2n) is 1.35. The fourth-order valence-corrected chi connectivity index (χ4v) is 0.465. The molecule has 0 aromatic rings. The van der Waals surface area contributed by atoms with Crippen LogP contribution in [-0.4, -0.2) is 24.5 Å². The third-order valence-corrected chi connectivity index (χ3v) is 0.793. The van der Waals surface area contributed by atoms with E-state index in [-0.39, 0.29) is 5.97 Å². The van der Waals surface area contributed by atoms with Gasteiger partial charge in [-0.15, -0.1) is 11.6 Å². The minimum Gasteiger partial charge on any atom is -0.466 e. The highest BCUT2D eigenvalue weighted by molar-refractivity contribution is 6.18. The number of isocyanates is 1. The molecule has 4 nitrogen and oxygen atoms in total. The normalized spacial score (nSPS) is 7.09. The first-order chi connectivity index (χ1) is 5.22. The first-order valence-corrected chi connectivity index (χ1v) is 3.51. The van der Waals surface area contributed by atoms with E-state index in [1.165, 1.54) is 0 Å². The Kier molecular flexibility index (Phi) is 13.8. The summed E-state index contributed by atoms with van der Waals surface area (Å²) >= 11 is 5.23. The Labute approximate surface area is 70.0 Å². The molecule has 1 N–H and O–H groups in total. The quantitative estimate of drug-likeness (QED) is 0.305. The maximum absolute atomic E-state index is 10.3. The highest BCUT2D eigenvalue weighted by Crippen LogP contribution is 1.87. The van der Waals surface area contributed by atoms with Crippen LogP contribution in [0.3, 0.4) is 0 Å². The summed E-state index contributed by atoms with van der Waals surface area (Å²) < 4.78 is 4.56. The summed E-state index contributed by atoms with van der Waals surface area (Å²) in [5.41, 5.74) is 0. The van der Waals surface area contributed by atoms with E-state index in [0.29, 0.717) is 18.9 Å². The number of halogens is 1. The molecule has 64 valence electrons. The van der Waals surface area contributed by atoms with Crippen LogP contribution in [0.25, 0.3) is 0 Å². The van der Waals surface area contributed by atoms with E-state index in [2.05, 4.69) is 4.74 Å². The summed E-state index contributed by atoms with van der Waals surface area (Å²) in [5.74, 6) is 0.126. The summed E-state index contributed by atoms with van der Waals surface area (Å²) in [4.78, 5) is 18.7. The molecule has 0 atom stereocenters. The molecule has 0 spiro atoms. The predicted octanol–water partition coefficient (Wildman–Crippen LogP) is 1.08. The Hall–Kier alpha value is -0.860. The third-order valence-electron chi connectivity index (χ3n) is 0.604. The van der Waals surface area contributed by atoms with Crippen molar-refractivity contribution in [3.63, 3.8) is 0 Å². The maximum Gasteiger partial charge on any atom is 0.306 e. The van der Waals surface area contributed by atoms with E-state index in [1.807, 2.05) is 0 Å². The second-order valence-corrected chi connectivity index (χ2v) is 1.72. The number of alkyl halides is 1. The molecule has 0 aromatic carbocycles. The van der Waals surface area contributed by atoms with Crippen LogP contribution in [0.2, 0.25) is 0 Å². The average Bonchev–Trinajstić information content (AvgIpc) is 1.90. The number of esters is 1. The van der Waals surface area contributed by atoms with Crippen LogP contribution in [0.4, 0.5) is 0 Å². The Morgan fingerprint density at radius 2 is 2.18 bits per heavy atom. The molecule has 11 heavy (non-hydrogen) atoms. The van der Waals surface area contributed by atoms with Gasteiger partial charge >= 0.3 is 5.97 Å². The minimum atomic E-state index is -0.220. The Morgan fingerprint density at radius 1 is 1.73 bits per heavy atom. The molecule has 0 unspecified atom stereocenters. The molecule has 0 radical (unpaired) electrons. The fourth-order valence-electron chi connectivity index (χ4n) is 0.310. The molecule has 0 saturated heterocycles. The monoisotopic (exact) mass is 179 g/mol. The summed E-state index contributed by atoms with van der Waals surface area (Å²) in [6.07, 6.45) is 1.06. The molecule has 5 heteroatoms. The van der Waals surface area contributed by atoms with E-state index in [4.69, 9.17) is 21.8 Å². The van der Waals surface area contributed by atoms with Crippen LogP contribution >= 0.6 is 11.6 Å². The summed E-state index contributed by atoms with van der Waals surface area (Å²) in [5, 5.41) is 5.40. The van der Waals surface area contributed by atoms with Crippen LogP contribution in [0.5, 0.6) is 0 Å². The molecule has 0 heterocycles. The molecule has 0 aliphatic heterocycles. The van der Waals surface area contributed by atoms with Crippen molar-refractivity contribution in [3.05, 3.63) is 0 Å². The molecule has 0 fully saturated rings. The van der Waals surface area contributed by atoms with Gasteiger partial charge in [-0.1, -0.05) is 0 Å².